The lowest BCUT2D eigenvalue weighted by atomic mass is 9.87. The third-order valence-electron chi connectivity index (χ3n) is 7.56. The van der Waals surface area contributed by atoms with E-state index in [9.17, 15) is 22.8 Å². The van der Waals surface area contributed by atoms with Gasteiger partial charge in [0, 0.05) is 30.1 Å². The van der Waals surface area contributed by atoms with Gasteiger partial charge in [-0.25, -0.2) is 4.98 Å². The van der Waals surface area contributed by atoms with Gasteiger partial charge in [0.05, 0.1) is 11.0 Å². The predicted molar refractivity (Wildman–Crippen MR) is 137 cm³/mol. The van der Waals surface area contributed by atoms with Gasteiger partial charge in [0.1, 0.15) is 12.2 Å². The fourth-order valence-corrected chi connectivity index (χ4v) is 6.54. The van der Waals surface area contributed by atoms with Crippen molar-refractivity contribution in [2.45, 2.75) is 64.2 Å². The van der Waals surface area contributed by atoms with Crippen molar-refractivity contribution in [1.29, 1.82) is 0 Å². The average Bonchev–Trinajstić information content (AvgIpc) is 3.51. The maximum absolute atomic E-state index is 13.0. The number of hydrogen-bond donors (Lipinski definition) is 1. The lowest BCUT2D eigenvalue weighted by Crippen LogP contribution is -2.43. The number of alkyl halides is 3. The minimum Gasteiger partial charge on any atom is -0.344 e. The molecule has 11 heteroatoms. The Morgan fingerprint density at radius 1 is 1.21 bits per heavy atom. The summed E-state index contributed by atoms with van der Waals surface area (Å²) in [4.78, 5) is 32.2. The predicted octanol–water partition coefficient (Wildman–Crippen LogP) is 5.13. The van der Waals surface area contributed by atoms with E-state index in [0.717, 1.165) is 35.0 Å². The smallest absolute Gasteiger partial charge is 0.344 e. The molecule has 1 aliphatic carbocycles. The number of aromatic nitrogens is 3. The number of carbonyl (C=O) groups excluding carboxylic acids is 2. The van der Waals surface area contributed by atoms with Crippen molar-refractivity contribution >= 4 is 23.2 Å². The third-order valence-corrected chi connectivity index (χ3v) is 8.54. The Labute approximate surface area is 223 Å². The number of rotatable bonds is 5. The van der Waals surface area contributed by atoms with Gasteiger partial charge >= 0.3 is 6.18 Å². The van der Waals surface area contributed by atoms with Crippen LogP contribution in [0.5, 0.6) is 0 Å². The van der Waals surface area contributed by atoms with Crippen LogP contribution < -0.4 is 5.32 Å². The molecule has 38 heavy (non-hydrogen) atoms. The van der Waals surface area contributed by atoms with E-state index in [4.69, 9.17) is 0 Å². The highest BCUT2D eigenvalue weighted by molar-refractivity contribution is 7.09. The van der Waals surface area contributed by atoms with E-state index in [1.807, 2.05) is 19.1 Å². The minimum atomic E-state index is -4.55. The molecule has 2 aliphatic rings. The average molecular weight is 546 g/mol. The number of piperidine rings is 1. The van der Waals surface area contributed by atoms with Gasteiger partial charge in [-0.3, -0.25) is 14.3 Å². The molecular weight excluding hydrogens is 515 g/mol. The summed E-state index contributed by atoms with van der Waals surface area (Å²) in [5.74, 6) is -0.252. The van der Waals surface area contributed by atoms with Crippen molar-refractivity contribution in [2.75, 3.05) is 13.1 Å². The molecule has 1 saturated heterocycles. The van der Waals surface area contributed by atoms with Crippen LogP contribution in [0.25, 0.3) is 0 Å². The zero-order valence-corrected chi connectivity index (χ0v) is 22.1. The molecule has 1 fully saturated rings. The molecule has 202 valence electrons. The van der Waals surface area contributed by atoms with Crippen molar-refractivity contribution in [3.63, 3.8) is 0 Å². The van der Waals surface area contributed by atoms with Crippen LogP contribution in [0.1, 0.15) is 76.2 Å². The molecule has 1 N–H and O–H groups in total. The van der Waals surface area contributed by atoms with Gasteiger partial charge in [0.2, 0.25) is 5.91 Å². The molecule has 5 rings (SSSR count). The fourth-order valence-electron chi connectivity index (χ4n) is 5.47. The zero-order valence-electron chi connectivity index (χ0n) is 21.3. The van der Waals surface area contributed by atoms with E-state index in [1.54, 1.807) is 10.3 Å². The first-order chi connectivity index (χ1) is 18.1. The number of nitrogens with one attached hydrogen (secondary N) is 1. The molecule has 7 nitrogen and oxygen atoms in total. The highest BCUT2D eigenvalue weighted by atomic mass is 32.1. The Morgan fingerprint density at radius 3 is 2.74 bits per heavy atom. The zero-order chi connectivity index (χ0) is 27.0. The Morgan fingerprint density at radius 2 is 2.00 bits per heavy atom. The van der Waals surface area contributed by atoms with Crippen LogP contribution in [0.2, 0.25) is 0 Å². The maximum Gasteiger partial charge on any atom is 0.435 e. The number of carbonyl (C=O) groups is 2. The monoisotopic (exact) mass is 545 g/mol. The second-order valence-electron chi connectivity index (χ2n) is 10.2. The Hall–Kier alpha value is -3.21. The number of thiazole rings is 1. The van der Waals surface area contributed by atoms with Crippen molar-refractivity contribution in [1.82, 2.24) is 25.0 Å². The molecule has 3 heterocycles. The molecule has 1 aliphatic heterocycles. The van der Waals surface area contributed by atoms with E-state index in [-0.39, 0.29) is 36.2 Å². The molecule has 0 saturated carbocycles. The lowest BCUT2D eigenvalue weighted by Gasteiger charge is -2.36. The molecule has 2 unspecified atom stereocenters. The van der Waals surface area contributed by atoms with Crippen molar-refractivity contribution in [3.05, 3.63) is 68.9 Å². The van der Waals surface area contributed by atoms with Gasteiger partial charge in [-0.05, 0) is 55.7 Å². The highest BCUT2D eigenvalue weighted by Crippen LogP contribution is 2.35. The SMILES string of the molecule is Cc1cc(C(F)(F)F)nn1CC(=O)N1CCC(c2nc(C(=O)N[C@@H]3CCCc4ccccc43)cs2)C(C)C1. The molecule has 3 atom stereocenters. The molecular formula is C27H30F3N5O2S. The third kappa shape index (κ3) is 5.48. The van der Waals surface area contributed by atoms with Crippen molar-refractivity contribution < 1.29 is 22.8 Å². The number of aryl methyl sites for hydroxylation is 2. The van der Waals surface area contributed by atoms with Crippen molar-refractivity contribution in [3.8, 4) is 0 Å². The van der Waals surface area contributed by atoms with Gasteiger partial charge in [-0.15, -0.1) is 11.3 Å². The first-order valence-corrected chi connectivity index (χ1v) is 13.7. The van der Waals surface area contributed by atoms with E-state index in [2.05, 4.69) is 27.5 Å². The number of hydrogen-bond acceptors (Lipinski definition) is 5. The minimum absolute atomic E-state index is 0.0172. The number of likely N-dealkylation sites (tertiary alicyclic amines) is 1. The summed E-state index contributed by atoms with van der Waals surface area (Å²) in [5, 5.41) is 9.39. The van der Waals surface area contributed by atoms with E-state index in [1.165, 1.54) is 29.4 Å². The summed E-state index contributed by atoms with van der Waals surface area (Å²) in [6, 6.07) is 9.15. The summed E-state index contributed by atoms with van der Waals surface area (Å²) in [6.45, 7) is 4.25. The summed E-state index contributed by atoms with van der Waals surface area (Å²) in [7, 11) is 0. The normalized spacial score (nSPS) is 21.7. The number of nitrogens with zero attached hydrogens (tertiary/aromatic N) is 4. The number of benzene rings is 1. The van der Waals surface area contributed by atoms with E-state index < -0.39 is 11.9 Å². The first kappa shape index (κ1) is 26.4. The van der Waals surface area contributed by atoms with Crippen LogP contribution in [0.15, 0.2) is 35.7 Å². The Bertz CT molecular complexity index is 1330. The standard InChI is InChI=1S/C27H30F3N5O2S/c1-16-13-34(24(36)14-35-17(2)12-23(33-35)27(28,29)30)11-10-19(16)26-32-22(15-38-26)25(37)31-21-9-5-7-18-6-3-4-8-20(18)21/h3-4,6,8,12,15-16,19,21H,5,7,9-11,13-14H2,1-2H3,(H,31,37)/t16?,19?,21-/m1/s1. The van der Waals surface area contributed by atoms with Crippen LogP contribution in [-0.4, -0.2) is 44.6 Å². The summed E-state index contributed by atoms with van der Waals surface area (Å²) in [6.07, 6.45) is -0.917. The second kappa shape index (κ2) is 10.5. The van der Waals surface area contributed by atoms with Gasteiger partial charge in [0.25, 0.3) is 5.91 Å². The second-order valence-corrected chi connectivity index (χ2v) is 11.1. The van der Waals surface area contributed by atoms with Crippen molar-refractivity contribution in [2.24, 2.45) is 5.92 Å². The Balaban J connectivity index is 1.19. The van der Waals surface area contributed by atoms with Crippen LogP contribution >= 0.6 is 11.3 Å². The summed E-state index contributed by atoms with van der Waals surface area (Å²) in [5.41, 5.74) is 2.16. The summed E-state index contributed by atoms with van der Waals surface area (Å²) >= 11 is 1.46. The topological polar surface area (TPSA) is 80.1 Å². The molecule has 3 aromatic rings. The Kier molecular flexibility index (Phi) is 7.30. The fraction of sp³-hybridized carbons (Fsp3) is 0.481. The van der Waals surface area contributed by atoms with Gasteiger partial charge in [0.15, 0.2) is 5.69 Å². The number of halogens is 3. The molecule has 2 aromatic heterocycles. The van der Waals surface area contributed by atoms with Gasteiger partial charge in [-0.1, -0.05) is 31.2 Å². The maximum atomic E-state index is 13.0. The van der Waals surface area contributed by atoms with E-state index >= 15 is 0 Å². The van der Waals surface area contributed by atoms with Crippen LogP contribution in [-0.2, 0) is 23.9 Å². The quantitative estimate of drug-likeness (QED) is 0.482. The largest absolute Gasteiger partial charge is 0.435 e. The molecule has 1 aromatic carbocycles. The van der Waals surface area contributed by atoms with Crippen LogP contribution in [0.4, 0.5) is 13.2 Å². The lowest BCUT2D eigenvalue weighted by molar-refractivity contribution is -0.142. The first-order valence-electron chi connectivity index (χ1n) is 12.8. The number of fused-ring (bicyclic) bond motifs is 1. The van der Waals surface area contributed by atoms with Crippen LogP contribution in [0.3, 0.4) is 0 Å². The number of amides is 2. The molecule has 0 bridgehead atoms. The summed E-state index contributed by atoms with van der Waals surface area (Å²) < 4.78 is 40.0. The van der Waals surface area contributed by atoms with E-state index in [0.29, 0.717) is 30.9 Å². The van der Waals surface area contributed by atoms with Crippen LogP contribution in [0, 0.1) is 12.8 Å². The van der Waals surface area contributed by atoms with Gasteiger partial charge in [-0.2, -0.15) is 18.3 Å². The molecule has 0 radical (unpaired) electrons. The highest BCUT2D eigenvalue weighted by Gasteiger charge is 2.36. The molecule has 0 spiro atoms. The molecule has 2 amide bonds. The van der Waals surface area contributed by atoms with Gasteiger partial charge < -0.3 is 10.2 Å².